The molecule has 2 N–H and O–H groups in total. The van der Waals surface area contributed by atoms with Gasteiger partial charge in [0.05, 0.1) is 19.9 Å². The van der Waals surface area contributed by atoms with Crippen LogP contribution in [0, 0.1) is 0 Å². The van der Waals surface area contributed by atoms with E-state index in [0.717, 1.165) is 25.7 Å². The van der Waals surface area contributed by atoms with Crippen molar-refractivity contribution in [1.82, 2.24) is 0 Å². The molecular weight excluding hydrogens is 420 g/mol. The molecule has 0 radical (unpaired) electrons. The summed E-state index contributed by atoms with van der Waals surface area (Å²) in [6.07, 6.45) is 4.06. The smallest absolute Gasteiger partial charge is 0.363 e. The molecule has 8 nitrogen and oxygen atoms in total. The van der Waals surface area contributed by atoms with Gasteiger partial charge in [-0.1, -0.05) is 25.0 Å². The molecule has 4 rings (SSSR count). The average molecular weight is 445 g/mol. The Labute approximate surface area is 180 Å². The molecule has 1 fully saturated rings. The van der Waals surface area contributed by atoms with Crippen molar-refractivity contribution in [2.45, 2.75) is 36.6 Å². The largest absolute Gasteiger partial charge is 0.497 e. The van der Waals surface area contributed by atoms with Crippen LogP contribution in [0.4, 0.5) is 11.4 Å². The molecule has 1 heterocycles. The topological polar surface area (TPSA) is 107 Å². The summed E-state index contributed by atoms with van der Waals surface area (Å²) in [5.74, 6) is 0.472. The van der Waals surface area contributed by atoms with Gasteiger partial charge in [-0.05, 0) is 37.1 Å². The average Bonchev–Trinajstić information content (AvgIpc) is 3.29. The lowest BCUT2D eigenvalue weighted by Crippen LogP contribution is -2.23. The van der Waals surface area contributed by atoms with Gasteiger partial charge in [0.2, 0.25) is 0 Å². The molecule has 9 heteroatoms. The van der Waals surface area contributed by atoms with Crippen molar-refractivity contribution >= 4 is 32.4 Å². The van der Waals surface area contributed by atoms with Crippen LogP contribution >= 0.6 is 0 Å². The Morgan fingerprint density at radius 2 is 1.74 bits per heavy atom. The molecule has 1 aliphatic carbocycles. The van der Waals surface area contributed by atoms with Crippen molar-refractivity contribution in [1.29, 1.82) is 0 Å². The SMILES string of the molecule is COc1ccc(OC)c(S(=O)(=O)Nc2c(NC3CCCC3)c3ccccc3oc2=O)c1. The third-order valence-electron chi connectivity index (χ3n) is 5.41. The molecule has 164 valence electrons. The van der Waals surface area contributed by atoms with Gasteiger partial charge in [0, 0.05) is 17.5 Å². The van der Waals surface area contributed by atoms with Crippen molar-refractivity contribution in [3.05, 3.63) is 52.9 Å². The molecule has 0 spiro atoms. The molecule has 0 atom stereocenters. The van der Waals surface area contributed by atoms with Gasteiger partial charge in [0.25, 0.3) is 10.0 Å². The van der Waals surface area contributed by atoms with Crippen molar-refractivity contribution in [3.8, 4) is 11.5 Å². The maximum atomic E-state index is 13.3. The number of rotatable bonds is 7. The summed E-state index contributed by atoms with van der Waals surface area (Å²) >= 11 is 0. The van der Waals surface area contributed by atoms with Crippen molar-refractivity contribution in [3.63, 3.8) is 0 Å². The maximum Gasteiger partial charge on any atom is 0.363 e. The summed E-state index contributed by atoms with van der Waals surface area (Å²) in [5.41, 5.74) is -0.126. The Morgan fingerprint density at radius 3 is 2.45 bits per heavy atom. The fourth-order valence-corrected chi connectivity index (χ4v) is 5.10. The molecule has 0 saturated heterocycles. The second-order valence-electron chi connectivity index (χ2n) is 7.38. The lowest BCUT2D eigenvalue weighted by Gasteiger charge is -2.19. The molecule has 1 aliphatic rings. The van der Waals surface area contributed by atoms with Crippen LogP contribution in [0.1, 0.15) is 25.7 Å². The lowest BCUT2D eigenvalue weighted by atomic mass is 10.1. The molecular formula is C22H24N2O6S. The molecule has 2 aromatic carbocycles. The number of hydrogen-bond donors (Lipinski definition) is 2. The third-order valence-corrected chi connectivity index (χ3v) is 6.78. The number of hydrogen-bond acceptors (Lipinski definition) is 7. The van der Waals surface area contributed by atoms with Gasteiger partial charge in [-0.3, -0.25) is 4.72 Å². The monoisotopic (exact) mass is 444 g/mol. The van der Waals surface area contributed by atoms with E-state index in [2.05, 4.69) is 10.0 Å². The first kappa shape index (κ1) is 21.0. The maximum absolute atomic E-state index is 13.3. The quantitative estimate of drug-likeness (QED) is 0.531. The number of ether oxygens (including phenoxy) is 2. The fraction of sp³-hybridized carbons (Fsp3) is 0.318. The van der Waals surface area contributed by atoms with Crippen molar-refractivity contribution in [2.24, 2.45) is 0 Å². The van der Waals surface area contributed by atoms with Crippen molar-refractivity contribution < 1.29 is 22.3 Å². The van der Waals surface area contributed by atoms with Crippen LogP contribution < -0.4 is 25.1 Å². The third kappa shape index (κ3) is 4.18. The Morgan fingerprint density at radius 1 is 1.00 bits per heavy atom. The number of methoxy groups -OCH3 is 2. The van der Waals surface area contributed by atoms with E-state index in [1.54, 1.807) is 24.3 Å². The van der Waals surface area contributed by atoms with Crippen LogP contribution in [-0.2, 0) is 10.0 Å². The minimum atomic E-state index is -4.19. The minimum absolute atomic E-state index is 0.128. The molecule has 1 saturated carbocycles. The summed E-state index contributed by atoms with van der Waals surface area (Å²) in [6.45, 7) is 0. The van der Waals surface area contributed by atoms with Gasteiger partial charge in [-0.25, -0.2) is 13.2 Å². The van der Waals surface area contributed by atoms with Crippen LogP contribution in [0.25, 0.3) is 11.0 Å². The van der Waals surface area contributed by atoms with E-state index in [1.807, 2.05) is 6.07 Å². The highest BCUT2D eigenvalue weighted by Crippen LogP contribution is 2.35. The first-order chi connectivity index (χ1) is 14.9. The number of anilines is 2. The predicted molar refractivity (Wildman–Crippen MR) is 119 cm³/mol. The van der Waals surface area contributed by atoms with Gasteiger partial charge in [-0.15, -0.1) is 0 Å². The van der Waals surface area contributed by atoms with Crippen LogP contribution in [0.5, 0.6) is 11.5 Å². The van der Waals surface area contributed by atoms with Gasteiger partial charge in [-0.2, -0.15) is 0 Å². The Kier molecular flexibility index (Phi) is 5.77. The molecule has 3 aromatic rings. The second kappa shape index (κ2) is 8.50. The molecule has 0 bridgehead atoms. The number of benzene rings is 2. The lowest BCUT2D eigenvalue weighted by molar-refractivity contribution is 0.392. The Balaban J connectivity index is 1.84. The highest BCUT2D eigenvalue weighted by molar-refractivity contribution is 7.92. The normalized spacial score (nSPS) is 14.5. The molecule has 0 amide bonds. The highest BCUT2D eigenvalue weighted by atomic mass is 32.2. The minimum Gasteiger partial charge on any atom is -0.497 e. The van der Waals surface area contributed by atoms with Crippen LogP contribution in [0.2, 0.25) is 0 Å². The number of fused-ring (bicyclic) bond motifs is 1. The van der Waals surface area contributed by atoms with Crippen LogP contribution in [0.3, 0.4) is 0 Å². The van der Waals surface area contributed by atoms with Gasteiger partial charge in [0.15, 0.2) is 5.69 Å². The second-order valence-corrected chi connectivity index (χ2v) is 9.03. The van der Waals surface area contributed by atoms with Gasteiger partial charge >= 0.3 is 5.63 Å². The molecule has 31 heavy (non-hydrogen) atoms. The van der Waals surface area contributed by atoms with E-state index in [9.17, 15) is 13.2 Å². The summed E-state index contributed by atoms with van der Waals surface area (Å²) in [5, 5.41) is 4.00. The highest BCUT2D eigenvalue weighted by Gasteiger charge is 2.27. The summed E-state index contributed by atoms with van der Waals surface area (Å²) in [4.78, 5) is 12.7. The standard InChI is InChI=1S/C22H24N2O6S/c1-28-15-11-12-18(29-2)19(13-15)31(26,27)24-21-20(23-14-7-3-4-8-14)16-9-5-6-10-17(16)30-22(21)25/h5-6,9-14,23-24H,3-4,7-8H2,1-2H3. The predicted octanol–water partition coefficient (Wildman–Crippen LogP) is 3.97. The molecule has 0 unspecified atom stereocenters. The summed E-state index contributed by atoms with van der Waals surface area (Å²) in [7, 11) is -1.38. The zero-order valence-corrected chi connectivity index (χ0v) is 18.1. The zero-order chi connectivity index (χ0) is 22.0. The summed E-state index contributed by atoms with van der Waals surface area (Å²) < 4.78 is 44.7. The Bertz CT molecular complexity index is 1260. The number of sulfonamides is 1. The van der Waals surface area contributed by atoms with E-state index < -0.39 is 15.6 Å². The van der Waals surface area contributed by atoms with Crippen LogP contribution in [-0.4, -0.2) is 28.7 Å². The van der Waals surface area contributed by atoms with E-state index in [0.29, 0.717) is 22.4 Å². The van der Waals surface area contributed by atoms with E-state index in [4.69, 9.17) is 13.9 Å². The molecule has 0 aliphatic heterocycles. The zero-order valence-electron chi connectivity index (χ0n) is 17.3. The first-order valence-electron chi connectivity index (χ1n) is 10.00. The van der Waals surface area contributed by atoms with Crippen LogP contribution in [0.15, 0.2) is 56.6 Å². The Hall–Kier alpha value is -3.20. The molecule has 1 aromatic heterocycles. The van der Waals surface area contributed by atoms with Gasteiger partial charge < -0.3 is 19.2 Å². The first-order valence-corrected chi connectivity index (χ1v) is 11.5. The van der Waals surface area contributed by atoms with E-state index >= 15 is 0 Å². The van der Waals surface area contributed by atoms with Crippen molar-refractivity contribution in [2.75, 3.05) is 24.3 Å². The number of para-hydroxylation sites is 1. The fourth-order valence-electron chi connectivity index (χ4n) is 3.85. The summed E-state index contributed by atoms with van der Waals surface area (Å²) in [6, 6.07) is 11.6. The van der Waals surface area contributed by atoms with E-state index in [1.165, 1.54) is 26.4 Å². The number of nitrogens with one attached hydrogen (secondary N) is 2. The van der Waals surface area contributed by atoms with Gasteiger partial charge in [0.1, 0.15) is 22.0 Å². The van der Waals surface area contributed by atoms with E-state index in [-0.39, 0.29) is 22.4 Å².